The lowest BCUT2D eigenvalue weighted by molar-refractivity contribution is -0.125. The summed E-state index contributed by atoms with van der Waals surface area (Å²) in [6.07, 6.45) is 0.263. The van der Waals surface area contributed by atoms with Crippen molar-refractivity contribution in [1.29, 1.82) is 0 Å². The molecule has 2 N–H and O–H groups in total. The van der Waals surface area contributed by atoms with Gasteiger partial charge in [-0.2, -0.15) is 0 Å². The van der Waals surface area contributed by atoms with Crippen LogP contribution in [0.3, 0.4) is 0 Å². The van der Waals surface area contributed by atoms with Crippen LogP contribution in [0.25, 0.3) is 0 Å². The molecule has 1 rings (SSSR count). The minimum absolute atomic E-state index is 0. The summed E-state index contributed by atoms with van der Waals surface area (Å²) < 4.78 is 25.2. The molecule has 0 saturated heterocycles. The molecule has 0 spiro atoms. The molecule has 1 aliphatic rings. The summed E-state index contributed by atoms with van der Waals surface area (Å²) in [7, 11) is 0. The molecule has 0 heterocycles. The smallest absolute Gasteiger partial charge is 0.248 e. The third kappa shape index (κ3) is 3.56. The monoisotopic (exact) mass is 213 g/mol. The molecule has 1 aliphatic carbocycles. The number of rotatable bonds is 2. The van der Waals surface area contributed by atoms with Gasteiger partial charge in [-0.25, -0.2) is 8.78 Å². The van der Waals surface area contributed by atoms with Crippen LogP contribution in [-0.4, -0.2) is 18.3 Å². The van der Waals surface area contributed by atoms with Crippen molar-refractivity contribution in [2.24, 2.45) is 11.7 Å². The number of halogens is 3. The van der Waals surface area contributed by atoms with Gasteiger partial charge in [0.25, 0.3) is 0 Å². The number of alkyl halides is 2. The summed E-state index contributed by atoms with van der Waals surface area (Å²) in [4.78, 5) is 11.0. The second-order valence-electron chi connectivity index (χ2n) is 3.30. The Morgan fingerprint density at radius 2 is 1.85 bits per heavy atom. The van der Waals surface area contributed by atoms with E-state index in [4.69, 9.17) is 5.73 Å². The van der Waals surface area contributed by atoms with Crippen molar-refractivity contribution in [3.63, 3.8) is 0 Å². The van der Waals surface area contributed by atoms with Gasteiger partial charge in [-0.05, 0) is 12.8 Å². The third-order valence-corrected chi connectivity index (χ3v) is 2.37. The first-order valence-corrected chi connectivity index (χ1v) is 4.16. The Hall–Kier alpha value is -0.220. The molecule has 0 aromatic carbocycles. The quantitative estimate of drug-likeness (QED) is 0.760. The average molecular weight is 214 g/mol. The predicted molar refractivity (Wildman–Crippen MR) is 48.2 cm³/mol. The molecule has 0 radical (unpaired) electrons. The molecule has 2 nitrogen and oxygen atoms in total. The van der Waals surface area contributed by atoms with Gasteiger partial charge in [0.15, 0.2) is 0 Å². The van der Waals surface area contributed by atoms with Gasteiger partial charge in [-0.1, -0.05) is 0 Å². The van der Waals surface area contributed by atoms with Crippen LogP contribution in [0.1, 0.15) is 25.7 Å². The highest BCUT2D eigenvalue weighted by Crippen LogP contribution is 2.36. The van der Waals surface area contributed by atoms with E-state index in [1.54, 1.807) is 0 Å². The molecular formula is C8H14ClF2NO. The molecule has 1 saturated carbocycles. The molecule has 0 aromatic heterocycles. The standard InChI is InChI=1S/C8H13F2NO.ClH/c9-8(10)3-1-6(2-4-8)7(12)5-11;/h6H,1-5,11H2;1H. The van der Waals surface area contributed by atoms with Crippen molar-refractivity contribution >= 4 is 18.2 Å². The maximum atomic E-state index is 12.6. The fraction of sp³-hybridized carbons (Fsp3) is 0.875. The molecule has 0 aliphatic heterocycles. The van der Waals surface area contributed by atoms with Gasteiger partial charge in [0, 0.05) is 18.8 Å². The maximum Gasteiger partial charge on any atom is 0.248 e. The zero-order valence-corrected chi connectivity index (χ0v) is 8.08. The van der Waals surface area contributed by atoms with E-state index in [1.165, 1.54) is 0 Å². The second kappa shape index (κ2) is 4.86. The maximum absolute atomic E-state index is 12.6. The molecule has 0 atom stereocenters. The highest BCUT2D eigenvalue weighted by Gasteiger charge is 2.36. The van der Waals surface area contributed by atoms with Gasteiger partial charge in [0.2, 0.25) is 5.92 Å². The van der Waals surface area contributed by atoms with Gasteiger partial charge in [0.1, 0.15) is 5.78 Å². The number of nitrogens with two attached hydrogens (primary N) is 1. The van der Waals surface area contributed by atoms with Crippen LogP contribution in [0.2, 0.25) is 0 Å². The van der Waals surface area contributed by atoms with E-state index in [2.05, 4.69) is 0 Å². The summed E-state index contributed by atoms with van der Waals surface area (Å²) in [5.41, 5.74) is 5.13. The first kappa shape index (κ1) is 12.8. The second-order valence-corrected chi connectivity index (χ2v) is 3.30. The van der Waals surface area contributed by atoms with Crippen LogP contribution in [0.15, 0.2) is 0 Å². The molecule has 0 unspecified atom stereocenters. The Morgan fingerprint density at radius 3 is 2.23 bits per heavy atom. The highest BCUT2D eigenvalue weighted by molar-refractivity contribution is 5.85. The summed E-state index contributed by atoms with van der Waals surface area (Å²) in [5, 5.41) is 0. The molecule has 13 heavy (non-hydrogen) atoms. The number of hydrogen-bond acceptors (Lipinski definition) is 2. The fourth-order valence-corrected chi connectivity index (χ4v) is 1.53. The zero-order valence-electron chi connectivity index (χ0n) is 7.26. The minimum atomic E-state index is -2.55. The first-order chi connectivity index (χ1) is 5.55. The number of Topliss-reactive ketones (excluding diaryl/α,β-unsaturated/α-hetero) is 1. The largest absolute Gasteiger partial charge is 0.324 e. The van der Waals surface area contributed by atoms with E-state index in [9.17, 15) is 13.6 Å². The summed E-state index contributed by atoms with van der Waals surface area (Å²) in [6, 6.07) is 0. The van der Waals surface area contributed by atoms with Gasteiger partial charge in [-0.15, -0.1) is 12.4 Å². The zero-order chi connectivity index (χ0) is 9.19. The van der Waals surface area contributed by atoms with Crippen molar-refractivity contribution in [3.8, 4) is 0 Å². The van der Waals surface area contributed by atoms with Crippen LogP contribution >= 0.6 is 12.4 Å². The molecule has 0 bridgehead atoms. The Balaban J connectivity index is 0.00000144. The normalized spacial score (nSPS) is 22.1. The third-order valence-electron chi connectivity index (χ3n) is 2.37. The van der Waals surface area contributed by atoms with Gasteiger partial charge < -0.3 is 5.73 Å². The number of ketones is 1. The predicted octanol–water partition coefficient (Wildman–Crippen LogP) is 1.76. The van der Waals surface area contributed by atoms with E-state index >= 15 is 0 Å². The van der Waals surface area contributed by atoms with E-state index in [0.29, 0.717) is 12.8 Å². The van der Waals surface area contributed by atoms with Crippen molar-refractivity contribution in [2.45, 2.75) is 31.6 Å². The van der Waals surface area contributed by atoms with E-state index in [1.807, 2.05) is 0 Å². The fourth-order valence-electron chi connectivity index (χ4n) is 1.53. The number of hydrogen-bond donors (Lipinski definition) is 1. The number of carbonyl (C=O) groups excluding carboxylic acids is 1. The molecular weight excluding hydrogens is 200 g/mol. The minimum Gasteiger partial charge on any atom is -0.324 e. The summed E-state index contributed by atoms with van der Waals surface area (Å²) >= 11 is 0. The lowest BCUT2D eigenvalue weighted by Gasteiger charge is -2.26. The Kier molecular flexibility index (Phi) is 4.78. The average Bonchev–Trinajstić information content (AvgIpc) is 2.03. The van der Waals surface area contributed by atoms with Gasteiger partial charge in [-0.3, -0.25) is 4.79 Å². The SMILES string of the molecule is Cl.NCC(=O)C1CCC(F)(F)CC1. The van der Waals surface area contributed by atoms with E-state index in [-0.39, 0.29) is 43.5 Å². The molecule has 78 valence electrons. The molecule has 5 heteroatoms. The molecule has 1 fully saturated rings. The number of carbonyl (C=O) groups is 1. The summed E-state index contributed by atoms with van der Waals surface area (Å²) in [6.45, 7) is -0.0176. The Labute approximate surface area is 82.3 Å². The van der Waals surface area contributed by atoms with E-state index < -0.39 is 5.92 Å². The van der Waals surface area contributed by atoms with Crippen LogP contribution < -0.4 is 5.73 Å². The topological polar surface area (TPSA) is 43.1 Å². The summed E-state index contributed by atoms with van der Waals surface area (Å²) in [5.74, 6) is -2.84. The van der Waals surface area contributed by atoms with E-state index in [0.717, 1.165) is 0 Å². The van der Waals surface area contributed by atoms with Crippen molar-refractivity contribution in [2.75, 3.05) is 6.54 Å². The van der Waals surface area contributed by atoms with Crippen molar-refractivity contribution < 1.29 is 13.6 Å². The van der Waals surface area contributed by atoms with Gasteiger partial charge >= 0.3 is 0 Å². The van der Waals surface area contributed by atoms with Crippen molar-refractivity contribution in [1.82, 2.24) is 0 Å². The lowest BCUT2D eigenvalue weighted by Crippen LogP contribution is -2.31. The van der Waals surface area contributed by atoms with Crippen molar-refractivity contribution in [3.05, 3.63) is 0 Å². The van der Waals surface area contributed by atoms with Crippen LogP contribution in [-0.2, 0) is 4.79 Å². The van der Waals surface area contributed by atoms with Crippen LogP contribution in [0.5, 0.6) is 0 Å². The first-order valence-electron chi connectivity index (χ1n) is 4.16. The van der Waals surface area contributed by atoms with Crippen LogP contribution in [0.4, 0.5) is 8.78 Å². The van der Waals surface area contributed by atoms with Gasteiger partial charge in [0.05, 0.1) is 6.54 Å². The molecule has 0 aromatic rings. The highest BCUT2D eigenvalue weighted by atomic mass is 35.5. The van der Waals surface area contributed by atoms with Crippen LogP contribution in [0, 0.1) is 5.92 Å². The lowest BCUT2D eigenvalue weighted by atomic mass is 9.84. The Bertz CT molecular complexity index is 177. The Morgan fingerprint density at radius 1 is 1.38 bits per heavy atom. The molecule has 0 amide bonds.